The Hall–Kier alpha value is -1.33. The molecule has 2 aliphatic rings. The molecule has 2 aliphatic heterocycles. The maximum Gasteiger partial charge on any atom is 0.352 e. The summed E-state index contributed by atoms with van der Waals surface area (Å²) in [5, 5.41) is 9.19. The van der Waals surface area contributed by atoms with Crippen molar-refractivity contribution in [1.82, 2.24) is 9.47 Å². The normalized spacial score (nSPS) is 25.7. The van der Waals surface area contributed by atoms with Gasteiger partial charge in [0.05, 0.1) is 6.61 Å². The van der Waals surface area contributed by atoms with Crippen LogP contribution in [0.1, 0.15) is 42.2 Å². The summed E-state index contributed by atoms with van der Waals surface area (Å²) in [4.78, 5) is 13.7. The predicted octanol–water partition coefficient (Wildman–Crippen LogP) is 2.00. The zero-order chi connectivity index (χ0) is 13.9. The molecule has 0 aliphatic carbocycles. The zero-order valence-corrected chi connectivity index (χ0v) is 11.7. The van der Waals surface area contributed by atoms with Crippen LogP contribution in [-0.2, 0) is 4.74 Å². The summed E-state index contributed by atoms with van der Waals surface area (Å²) < 4.78 is 7.49. The first-order valence-corrected chi connectivity index (χ1v) is 7.47. The van der Waals surface area contributed by atoms with E-state index >= 15 is 0 Å². The Balaban J connectivity index is 1.60. The molecule has 3 rings (SSSR count). The van der Waals surface area contributed by atoms with Gasteiger partial charge in [0, 0.05) is 38.0 Å². The molecule has 0 aromatic carbocycles. The molecule has 0 saturated carbocycles. The maximum atomic E-state index is 11.2. The van der Waals surface area contributed by atoms with Gasteiger partial charge in [0.1, 0.15) is 5.69 Å². The Bertz CT molecular complexity index is 457. The molecule has 110 valence electrons. The van der Waals surface area contributed by atoms with E-state index in [2.05, 4.69) is 4.90 Å². The van der Waals surface area contributed by atoms with Gasteiger partial charge in [-0.25, -0.2) is 4.79 Å². The topological polar surface area (TPSA) is 54.7 Å². The molecule has 1 N–H and O–H groups in total. The Kier molecular flexibility index (Phi) is 4.08. The van der Waals surface area contributed by atoms with Crippen LogP contribution in [0.2, 0.25) is 0 Å². The Morgan fingerprint density at radius 2 is 2.05 bits per heavy atom. The van der Waals surface area contributed by atoms with Crippen LogP contribution in [0.4, 0.5) is 0 Å². The molecular formula is C15H22N2O3. The summed E-state index contributed by atoms with van der Waals surface area (Å²) in [6.07, 6.45) is 6.32. The first-order chi connectivity index (χ1) is 9.75. The molecule has 3 heterocycles. The number of aromatic nitrogens is 1. The zero-order valence-electron chi connectivity index (χ0n) is 11.7. The summed E-state index contributed by atoms with van der Waals surface area (Å²) in [7, 11) is 0. The Morgan fingerprint density at radius 3 is 2.70 bits per heavy atom. The molecule has 1 aromatic heterocycles. The number of nitrogens with zero attached hydrogens (tertiary/aromatic N) is 2. The number of aromatic carboxylic acids is 1. The minimum absolute atomic E-state index is 0.317. The molecule has 0 spiro atoms. The quantitative estimate of drug-likeness (QED) is 0.919. The summed E-state index contributed by atoms with van der Waals surface area (Å²) in [5.41, 5.74) is 0.407. The number of carboxylic acid groups (broad SMARTS) is 1. The highest BCUT2D eigenvalue weighted by atomic mass is 16.5. The lowest BCUT2D eigenvalue weighted by molar-refractivity contribution is 0.00560. The van der Waals surface area contributed by atoms with Crippen LogP contribution < -0.4 is 0 Å². The lowest BCUT2D eigenvalue weighted by Crippen LogP contribution is -2.45. The molecule has 0 amide bonds. The summed E-state index contributed by atoms with van der Waals surface area (Å²) >= 11 is 0. The fraction of sp³-hybridized carbons (Fsp3) is 0.667. The number of rotatable bonds is 3. The van der Waals surface area contributed by atoms with Crippen molar-refractivity contribution in [2.45, 2.75) is 37.8 Å². The first kappa shape index (κ1) is 13.6. The molecular weight excluding hydrogens is 256 g/mol. The Morgan fingerprint density at radius 1 is 1.25 bits per heavy atom. The van der Waals surface area contributed by atoms with Crippen LogP contribution in [-0.4, -0.2) is 52.9 Å². The number of ether oxygens (including phenoxy) is 1. The van der Waals surface area contributed by atoms with E-state index in [1.807, 2.05) is 16.8 Å². The van der Waals surface area contributed by atoms with Crippen LogP contribution in [0.15, 0.2) is 18.3 Å². The largest absolute Gasteiger partial charge is 0.477 e. The van der Waals surface area contributed by atoms with Crippen molar-refractivity contribution in [3.63, 3.8) is 0 Å². The van der Waals surface area contributed by atoms with Crippen molar-refractivity contribution in [2.75, 3.05) is 26.3 Å². The van der Waals surface area contributed by atoms with Crippen molar-refractivity contribution in [1.29, 1.82) is 0 Å². The van der Waals surface area contributed by atoms with E-state index in [4.69, 9.17) is 4.74 Å². The van der Waals surface area contributed by atoms with Gasteiger partial charge in [0.15, 0.2) is 0 Å². The average Bonchev–Trinajstić information content (AvgIpc) is 2.98. The number of carboxylic acids is 1. The van der Waals surface area contributed by atoms with Gasteiger partial charge in [-0.05, 0) is 37.8 Å². The minimum Gasteiger partial charge on any atom is -0.477 e. The second-order valence-electron chi connectivity index (χ2n) is 5.74. The third-order valence-electron chi connectivity index (χ3n) is 4.54. The van der Waals surface area contributed by atoms with Gasteiger partial charge < -0.3 is 14.4 Å². The second-order valence-corrected chi connectivity index (χ2v) is 5.74. The molecule has 2 saturated heterocycles. The van der Waals surface area contributed by atoms with Gasteiger partial charge in [0.2, 0.25) is 0 Å². The van der Waals surface area contributed by atoms with Crippen LogP contribution in [0.5, 0.6) is 0 Å². The van der Waals surface area contributed by atoms with Gasteiger partial charge >= 0.3 is 5.97 Å². The van der Waals surface area contributed by atoms with Crippen LogP contribution in [0.3, 0.4) is 0 Å². The van der Waals surface area contributed by atoms with Crippen molar-refractivity contribution in [2.24, 2.45) is 0 Å². The number of piperidine rings is 1. The molecule has 20 heavy (non-hydrogen) atoms. The number of hydrogen-bond donors (Lipinski definition) is 1. The highest BCUT2D eigenvalue weighted by Gasteiger charge is 2.28. The van der Waals surface area contributed by atoms with E-state index in [0.29, 0.717) is 17.8 Å². The van der Waals surface area contributed by atoms with Crippen molar-refractivity contribution < 1.29 is 14.6 Å². The van der Waals surface area contributed by atoms with Crippen LogP contribution >= 0.6 is 0 Å². The lowest BCUT2D eigenvalue weighted by Gasteiger charge is -2.39. The lowest BCUT2D eigenvalue weighted by atomic mass is 10.0. The molecule has 0 radical (unpaired) electrons. The maximum absolute atomic E-state index is 11.2. The van der Waals surface area contributed by atoms with Crippen molar-refractivity contribution in [3.8, 4) is 0 Å². The fourth-order valence-electron chi connectivity index (χ4n) is 3.43. The summed E-state index contributed by atoms with van der Waals surface area (Å²) in [5.74, 6) is -0.835. The Labute approximate surface area is 119 Å². The molecule has 5 heteroatoms. The third-order valence-corrected chi connectivity index (χ3v) is 4.54. The number of carbonyl (C=O) groups is 1. The van der Waals surface area contributed by atoms with Gasteiger partial charge in [-0.15, -0.1) is 0 Å². The van der Waals surface area contributed by atoms with Gasteiger partial charge in [-0.3, -0.25) is 4.90 Å². The SMILES string of the molecule is O=C(O)c1cccn1C1CCN(C2CCCOC2)CC1. The van der Waals surface area contributed by atoms with Gasteiger partial charge in [-0.1, -0.05) is 0 Å². The molecule has 1 unspecified atom stereocenters. The summed E-state index contributed by atoms with van der Waals surface area (Å²) in [6.45, 7) is 3.83. The van der Waals surface area contributed by atoms with E-state index in [1.54, 1.807) is 6.07 Å². The highest BCUT2D eigenvalue weighted by molar-refractivity contribution is 5.85. The van der Waals surface area contributed by atoms with Gasteiger partial charge in [-0.2, -0.15) is 0 Å². The van der Waals surface area contributed by atoms with E-state index in [0.717, 1.165) is 45.6 Å². The molecule has 1 aromatic rings. The summed E-state index contributed by atoms with van der Waals surface area (Å²) in [6, 6.07) is 4.39. The molecule has 1 atom stereocenters. The molecule has 0 bridgehead atoms. The van der Waals surface area contributed by atoms with Crippen molar-refractivity contribution in [3.05, 3.63) is 24.0 Å². The van der Waals surface area contributed by atoms with Gasteiger partial charge in [0.25, 0.3) is 0 Å². The molecule has 5 nitrogen and oxygen atoms in total. The first-order valence-electron chi connectivity index (χ1n) is 7.47. The standard InChI is InChI=1S/C15H22N2O3/c18-15(19)14-4-1-7-17(14)12-5-8-16(9-6-12)13-3-2-10-20-11-13/h1,4,7,12-13H,2-3,5-6,8-11H2,(H,18,19). The third kappa shape index (κ3) is 2.74. The van der Waals surface area contributed by atoms with E-state index < -0.39 is 5.97 Å². The minimum atomic E-state index is -0.835. The highest BCUT2D eigenvalue weighted by Crippen LogP contribution is 2.27. The van der Waals surface area contributed by atoms with E-state index in [1.165, 1.54) is 6.42 Å². The number of hydrogen-bond acceptors (Lipinski definition) is 3. The van der Waals surface area contributed by atoms with Crippen LogP contribution in [0.25, 0.3) is 0 Å². The van der Waals surface area contributed by atoms with E-state index in [-0.39, 0.29) is 0 Å². The van der Waals surface area contributed by atoms with Crippen LogP contribution in [0, 0.1) is 0 Å². The second kappa shape index (κ2) is 5.97. The molecule has 2 fully saturated rings. The average molecular weight is 278 g/mol. The smallest absolute Gasteiger partial charge is 0.352 e. The number of likely N-dealkylation sites (tertiary alicyclic amines) is 1. The van der Waals surface area contributed by atoms with Crippen molar-refractivity contribution >= 4 is 5.97 Å². The van der Waals surface area contributed by atoms with E-state index in [9.17, 15) is 9.90 Å². The predicted molar refractivity (Wildman–Crippen MR) is 75.1 cm³/mol. The monoisotopic (exact) mass is 278 g/mol. The fourth-order valence-corrected chi connectivity index (χ4v) is 3.43.